The van der Waals surface area contributed by atoms with Crippen LogP contribution in [0.5, 0.6) is 11.5 Å². The zero-order valence-electron chi connectivity index (χ0n) is 20.0. The number of methoxy groups -OCH3 is 2. The van der Waals surface area contributed by atoms with Gasteiger partial charge in [-0.2, -0.15) is 0 Å². The highest BCUT2D eigenvalue weighted by molar-refractivity contribution is 7.18. The highest BCUT2D eigenvalue weighted by atomic mass is 32.1. The number of benzene rings is 1. The highest BCUT2D eigenvalue weighted by Gasteiger charge is 2.27. The van der Waals surface area contributed by atoms with Crippen molar-refractivity contribution in [3.8, 4) is 22.6 Å². The summed E-state index contributed by atoms with van der Waals surface area (Å²) in [6.07, 6.45) is 0. The normalized spacial score (nSPS) is 11.2. The number of thiophene rings is 1. The molecule has 0 radical (unpaired) electrons. The molecule has 0 aliphatic carbocycles. The summed E-state index contributed by atoms with van der Waals surface area (Å²) in [7, 11) is 3.22. The molecule has 172 valence electrons. The van der Waals surface area contributed by atoms with Gasteiger partial charge in [-0.25, -0.2) is 9.78 Å². The average Bonchev–Trinajstić information content (AvgIpc) is 3.08. The van der Waals surface area contributed by atoms with E-state index in [4.69, 9.17) is 19.2 Å². The number of fused-ring (bicyclic) bond motifs is 1. The van der Waals surface area contributed by atoms with E-state index in [9.17, 15) is 4.79 Å². The Balaban J connectivity index is 2.42. The fourth-order valence-electron chi connectivity index (χ4n) is 3.91. The second-order valence-corrected chi connectivity index (χ2v) is 8.73. The van der Waals surface area contributed by atoms with Crippen LogP contribution in [0.25, 0.3) is 21.3 Å². The van der Waals surface area contributed by atoms with Crippen LogP contribution in [0.1, 0.15) is 47.3 Å². The van der Waals surface area contributed by atoms with Crippen molar-refractivity contribution in [3.63, 3.8) is 0 Å². The minimum atomic E-state index is -0.350. The van der Waals surface area contributed by atoms with Gasteiger partial charge >= 0.3 is 5.97 Å². The molecular weight excluding hydrogens is 424 g/mol. The van der Waals surface area contributed by atoms with Crippen LogP contribution in [0.3, 0.4) is 0 Å². The molecule has 0 unspecified atom stereocenters. The van der Waals surface area contributed by atoms with Crippen LogP contribution in [0.2, 0.25) is 0 Å². The van der Waals surface area contributed by atoms with Gasteiger partial charge in [0.2, 0.25) is 0 Å². The number of aryl methyl sites for hydroxylation is 2. The molecule has 7 heteroatoms. The third-order valence-electron chi connectivity index (χ3n) is 5.81. The first kappa shape index (κ1) is 24.0. The number of esters is 1. The van der Waals surface area contributed by atoms with Crippen molar-refractivity contribution in [1.29, 1.82) is 0 Å². The van der Waals surface area contributed by atoms with Gasteiger partial charge in [-0.1, -0.05) is 19.9 Å². The van der Waals surface area contributed by atoms with E-state index in [-0.39, 0.29) is 5.97 Å². The topological polar surface area (TPSA) is 60.9 Å². The van der Waals surface area contributed by atoms with Gasteiger partial charge in [-0.05, 0) is 57.1 Å². The number of pyridine rings is 1. The number of carbonyl (C=O) groups is 1. The molecule has 0 amide bonds. The minimum Gasteiger partial charge on any atom is -0.493 e. The van der Waals surface area contributed by atoms with Gasteiger partial charge in [0.05, 0.1) is 32.1 Å². The summed E-state index contributed by atoms with van der Waals surface area (Å²) in [5.41, 5.74) is 4.12. The molecule has 0 saturated heterocycles. The molecule has 3 rings (SSSR count). The second-order valence-electron chi connectivity index (χ2n) is 7.52. The first-order chi connectivity index (χ1) is 15.4. The largest absolute Gasteiger partial charge is 0.493 e. The maximum atomic E-state index is 13.3. The molecule has 0 fully saturated rings. The summed E-state index contributed by atoms with van der Waals surface area (Å²) in [5.74, 6) is 0.901. The third-order valence-corrected chi connectivity index (χ3v) is 6.91. The molecule has 3 aromatic rings. The minimum absolute atomic E-state index is 0.300. The van der Waals surface area contributed by atoms with Crippen molar-refractivity contribution in [2.45, 2.75) is 41.2 Å². The molecule has 1 aromatic carbocycles. The maximum absolute atomic E-state index is 13.3. The van der Waals surface area contributed by atoms with E-state index in [1.165, 1.54) is 4.88 Å². The fourth-order valence-corrected chi connectivity index (χ4v) is 4.97. The zero-order chi connectivity index (χ0) is 23.4. The summed E-state index contributed by atoms with van der Waals surface area (Å²) in [6, 6.07) is 5.75. The Kier molecular flexibility index (Phi) is 7.74. The third kappa shape index (κ3) is 4.45. The van der Waals surface area contributed by atoms with E-state index in [2.05, 4.69) is 32.6 Å². The van der Waals surface area contributed by atoms with Crippen LogP contribution < -0.4 is 9.47 Å². The summed E-state index contributed by atoms with van der Waals surface area (Å²) in [6.45, 7) is 12.8. The van der Waals surface area contributed by atoms with E-state index < -0.39 is 0 Å². The van der Waals surface area contributed by atoms with E-state index >= 15 is 0 Å². The maximum Gasteiger partial charge on any atom is 0.340 e. The number of nitrogens with zero attached hydrogens (tertiary/aromatic N) is 2. The van der Waals surface area contributed by atoms with Crippen LogP contribution in [0.4, 0.5) is 0 Å². The van der Waals surface area contributed by atoms with Crippen LogP contribution >= 0.6 is 11.3 Å². The summed E-state index contributed by atoms with van der Waals surface area (Å²) >= 11 is 1.66. The molecule has 0 atom stereocenters. The van der Waals surface area contributed by atoms with Crippen molar-refractivity contribution < 1.29 is 19.0 Å². The molecule has 0 N–H and O–H groups in total. The number of ether oxygens (including phenoxy) is 3. The van der Waals surface area contributed by atoms with Crippen molar-refractivity contribution in [2.75, 3.05) is 33.9 Å². The first-order valence-electron chi connectivity index (χ1n) is 10.9. The van der Waals surface area contributed by atoms with E-state index in [1.54, 1.807) is 25.6 Å². The van der Waals surface area contributed by atoms with Gasteiger partial charge in [-0.15, -0.1) is 11.3 Å². The number of rotatable bonds is 9. The standard InChI is InChI=1S/C25H32N2O4S/c1-8-27(9-2)14-18-23(25(28)31-10-3)22(21-15(4)16(5)32-24(21)26-18)17-11-12-19(29-6)20(13-17)30-7/h11-13H,8-10,14H2,1-7H3. The smallest absolute Gasteiger partial charge is 0.340 e. The van der Waals surface area contributed by atoms with Crippen LogP contribution in [-0.4, -0.2) is 49.8 Å². The Labute approximate surface area is 194 Å². The lowest BCUT2D eigenvalue weighted by molar-refractivity contribution is 0.0524. The summed E-state index contributed by atoms with van der Waals surface area (Å²) in [5, 5.41) is 0.992. The van der Waals surface area contributed by atoms with Crippen LogP contribution in [0.15, 0.2) is 18.2 Å². The van der Waals surface area contributed by atoms with E-state index in [0.29, 0.717) is 30.2 Å². The van der Waals surface area contributed by atoms with Crippen LogP contribution in [-0.2, 0) is 11.3 Å². The fraction of sp³-hybridized carbons (Fsp3) is 0.440. The molecule has 0 spiro atoms. The van der Waals surface area contributed by atoms with Gasteiger partial charge in [0, 0.05) is 22.4 Å². The lowest BCUT2D eigenvalue weighted by atomic mass is 9.93. The zero-order valence-corrected chi connectivity index (χ0v) is 20.8. The Morgan fingerprint density at radius 3 is 2.34 bits per heavy atom. The van der Waals surface area contributed by atoms with E-state index in [0.717, 1.165) is 45.7 Å². The summed E-state index contributed by atoms with van der Waals surface area (Å²) in [4.78, 5) is 22.7. The Hall–Kier alpha value is -2.64. The molecule has 2 heterocycles. The van der Waals surface area contributed by atoms with Gasteiger partial charge < -0.3 is 14.2 Å². The Bertz CT molecular complexity index is 1120. The molecule has 0 aliphatic rings. The van der Waals surface area contributed by atoms with Gasteiger partial charge in [0.15, 0.2) is 11.5 Å². The predicted molar refractivity (Wildman–Crippen MR) is 130 cm³/mol. The SMILES string of the molecule is CCOC(=O)c1c(CN(CC)CC)nc2sc(C)c(C)c2c1-c1ccc(OC)c(OC)c1. The monoisotopic (exact) mass is 456 g/mol. The number of aromatic nitrogens is 1. The predicted octanol–water partition coefficient (Wildman–Crippen LogP) is 5.62. The lowest BCUT2D eigenvalue weighted by Gasteiger charge is -2.21. The Morgan fingerprint density at radius 2 is 1.75 bits per heavy atom. The lowest BCUT2D eigenvalue weighted by Crippen LogP contribution is -2.25. The van der Waals surface area contributed by atoms with Crippen molar-refractivity contribution in [2.24, 2.45) is 0 Å². The molecule has 0 bridgehead atoms. The Morgan fingerprint density at radius 1 is 1.06 bits per heavy atom. The summed E-state index contributed by atoms with van der Waals surface area (Å²) < 4.78 is 16.5. The van der Waals surface area contributed by atoms with Crippen LogP contribution in [0, 0.1) is 13.8 Å². The van der Waals surface area contributed by atoms with Crippen molar-refractivity contribution >= 4 is 27.5 Å². The molecule has 6 nitrogen and oxygen atoms in total. The van der Waals surface area contributed by atoms with Gasteiger partial charge in [0.25, 0.3) is 0 Å². The number of hydrogen-bond acceptors (Lipinski definition) is 7. The van der Waals surface area contributed by atoms with Crippen molar-refractivity contribution in [1.82, 2.24) is 9.88 Å². The second kappa shape index (κ2) is 10.3. The molecule has 0 saturated carbocycles. The van der Waals surface area contributed by atoms with Crippen molar-refractivity contribution in [3.05, 3.63) is 39.9 Å². The van der Waals surface area contributed by atoms with Gasteiger partial charge in [-0.3, -0.25) is 4.90 Å². The number of carbonyl (C=O) groups excluding carboxylic acids is 1. The molecule has 0 aliphatic heterocycles. The van der Waals surface area contributed by atoms with Gasteiger partial charge in [0.1, 0.15) is 4.83 Å². The molecule has 32 heavy (non-hydrogen) atoms. The average molecular weight is 457 g/mol. The quantitative estimate of drug-likeness (QED) is 0.390. The molecule has 2 aromatic heterocycles. The van der Waals surface area contributed by atoms with E-state index in [1.807, 2.05) is 25.1 Å². The molecular formula is C25H32N2O4S. The first-order valence-corrected chi connectivity index (χ1v) is 11.8. The highest BCUT2D eigenvalue weighted by Crippen LogP contribution is 2.42. The number of hydrogen-bond donors (Lipinski definition) is 0.